The molecule has 2 aliphatic rings. The second-order valence-corrected chi connectivity index (χ2v) is 3.84. The van der Waals surface area contributed by atoms with Crippen LogP contribution in [0.1, 0.15) is 13.3 Å². The van der Waals surface area contributed by atoms with E-state index in [2.05, 4.69) is 0 Å². The number of halogens is 2. The van der Waals surface area contributed by atoms with Crippen molar-refractivity contribution in [1.82, 2.24) is 4.90 Å². The van der Waals surface area contributed by atoms with Crippen LogP contribution in [0.5, 0.6) is 0 Å². The van der Waals surface area contributed by atoms with Crippen LogP contribution in [0.4, 0.5) is 8.78 Å². The number of hydrogen-bond donors (Lipinski definition) is 0. The van der Waals surface area contributed by atoms with E-state index in [1.165, 1.54) is 0 Å². The van der Waals surface area contributed by atoms with Gasteiger partial charge < -0.3 is 4.74 Å². The number of ether oxygens (including phenoxy) is 1. The van der Waals surface area contributed by atoms with Crippen LogP contribution in [0.15, 0.2) is 0 Å². The highest BCUT2D eigenvalue weighted by Crippen LogP contribution is 2.29. The van der Waals surface area contributed by atoms with E-state index in [9.17, 15) is 8.78 Å². The van der Waals surface area contributed by atoms with E-state index in [4.69, 9.17) is 4.74 Å². The van der Waals surface area contributed by atoms with Gasteiger partial charge in [-0.25, -0.2) is 8.78 Å². The number of morpholine rings is 1. The minimum atomic E-state index is -2.56. The molecule has 0 aromatic carbocycles. The first-order chi connectivity index (χ1) is 5.54. The molecule has 0 aliphatic carbocycles. The third-order valence-electron chi connectivity index (χ3n) is 2.49. The van der Waals surface area contributed by atoms with Gasteiger partial charge in [-0.05, 0) is 6.42 Å². The third kappa shape index (κ3) is 1.59. The Morgan fingerprint density at radius 3 is 2.75 bits per heavy atom. The molecule has 2 atom stereocenters. The molecule has 0 spiro atoms. The van der Waals surface area contributed by atoms with Crippen LogP contribution < -0.4 is 0 Å². The molecule has 2 rings (SSSR count). The largest absolute Gasteiger partial charge is 0.375 e. The summed E-state index contributed by atoms with van der Waals surface area (Å²) >= 11 is 0. The van der Waals surface area contributed by atoms with Gasteiger partial charge in [-0.15, -0.1) is 0 Å². The summed E-state index contributed by atoms with van der Waals surface area (Å²) < 4.78 is 30.5. The normalized spacial score (nSPS) is 36.2. The van der Waals surface area contributed by atoms with Crippen LogP contribution >= 0.6 is 0 Å². The first-order valence-electron chi connectivity index (χ1n) is 4.28. The number of hydrogen-bond acceptors (Lipinski definition) is 2. The Hall–Kier alpha value is -0.220. The lowest BCUT2D eigenvalue weighted by Gasteiger charge is -2.28. The van der Waals surface area contributed by atoms with Crippen molar-refractivity contribution < 1.29 is 13.5 Å². The Labute approximate surface area is 70.5 Å². The molecule has 0 amide bonds. The van der Waals surface area contributed by atoms with Gasteiger partial charge in [0.25, 0.3) is 5.92 Å². The fourth-order valence-electron chi connectivity index (χ4n) is 2.03. The smallest absolute Gasteiger partial charge is 0.257 e. The molecule has 70 valence electrons. The minimum Gasteiger partial charge on any atom is -0.375 e. The van der Waals surface area contributed by atoms with Gasteiger partial charge in [-0.1, -0.05) is 0 Å². The summed E-state index contributed by atoms with van der Waals surface area (Å²) in [5, 5.41) is 0. The van der Waals surface area contributed by atoms with E-state index in [0.29, 0.717) is 13.2 Å². The third-order valence-corrected chi connectivity index (χ3v) is 2.49. The fraction of sp³-hybridized carbons (Fsp3) is 1.00. The van der Waals surface area contributed by atoms with Crippen LogP contribution in [-0.4, -0.2) is 42.7 Å². The number of nitrogens with zero attached hydrogens (tertiary/aromatic N) is 1. The van der Waals surface area contributed by atoms with Crippen LogP contribution in [-0.2, 0) is 4.74 Å². The van der Waals surface area contributed by atoms with Crippen molar-refractivity contribution in [3.63, 3.8) is 0 Å². The molecule has 0 aromatic rings. The van der Waals surface area contributed by atoms with Gasteiger partial charge in [0.05, 0.1) is 19.3 Å². The zero-order valence-electron chi connectivity index (χ0n) is 7.09. The summed E-state index contributed by atoms with van der Waals surface area (Å²) in [6.45, 7) is 2.19. The van der Waals surface area contributed by atoms with Gasteiger partial charge in [0, 0.05) is 19.5 Å². The van der Waals surface area contributed by atoms with Crippen molar-refractivity contribution in [2.24, 2.45) is 0 Å². The van der Waals surface area contributed by atoms with Gasteiger partial charge in [0.1, 0.15) is 0 Å². The molecular formula is C8H13F2NO. The lowest BCUT2D eigenvalue weighted by atomic mass is 10.2. The molecule has 0 saturated carbocycles. The lowest BCUT2D eigenvalue weighted by molar-refractivity contribution is -0.0461. The number of likely N-dealkylation sites (tertiary alicyclic amines) is 1. The molecule has 2 unspecified atom stereocenters. The fourth-order valence-corrected chi connectivity index (χ4v) is 2.03. The van der Waals surface area contributed by atoms with Crippen LogP contribution in [0.25, 0.3) is 0 Å². The molecule has 0 radical (unpaired) electrons. The van der Waals surface area contributed by atoms with Crippen LogP contribution in [0.2, 0.25) is 0 Å². The van der Waals surface area contributed by atoms with Crippen molar-refractivity contribution >= 4 is 0 Å². The second-order valence-electron chi connectivity index (χ2n) is 3.84. The van der Waals surface area contributed by atoms with Gasteiger partial charge in [-0.2, -0.15) is 0 Å². The Morgan fingerprint density at radius 2 is 2.33 bits per heavy atom. The molecule has 2 bridgehead atoms. The van der Waals surface area contributed by atoms with Crippen molar-refractivity contribution in [3.05, 3.63) is 0 Å². The van der Waals surface area contributed by atoms with Crippen molar-refractivity contribution in [2.75, 3.05) is 19.7 Å². The summed E-state index contributed by atoms with van der Waals surface area (Å²) in [5.41, 5.74) is 0. The number of rotatable bonds is 2. The maximum absolute atomic E-state index is 12.6. The maximum Gasteiger partial charge on any atom is 0.257 e. The van der Waals surface area contributed by atoms with E-state index in [1.807, 2.05) is 4.90 Å². The summed E-state index contributed by atoms with van der Waals surface area (Å²) in [7, 11) is 0. The average molecular weight is 177 g/mol. The lowest BCUT2D eigenvalue weighted by Crippen LogP contribution is -2.43. The maximum atomic E-state index is 12.6. The topological polar surface area (TPSA) is 12.5 Å². The number of fused-ring (bicyclic) bond motifs is 2. The molecule has 12 heavy (non-hydrogen) atoms. The summed E-state index contributed by atoms with van der Waals surface area (Å²) in [4.78, 5) is 1.84. The molecular weight excluding hydrogens is 164 g/mol. The van der Waals surface area contributed by atoms with E-state index in [1.54, 1.807) is 0 Å². The Kier molecular flexibility index (Phi) is 1.84. The molecule has 2 fully saturated rings. The first kappa shape index (κ1) is 8.38. The van der Waals surface area contributed by atoms with E-state index in [0.717, 1.165) is 13.3 Å². The average Bonchev–Trinajstić information content (AvgIpc) is 2.42. The first-order valence-corrected chi connectivity index (χ1v) is 4.28. The van der Waals surface area contributed by atoms with Crippen LogP contribution in [0, 0.1) is 0 Å². The van der Waals surface area contributed by atoms with Crippen molar-refractivity contribution in [3.8, 4) is 0 Å². The monoisotopic (exact) mass is 177 g/mol. The highest BCUT2D eigenvalue weighted by Gasteiger charge is 2.41. The quantitative estimate of drug-likeness (QED) is 0.626. The predicted octanol–water partition coefficient (Wildman–Crippen LogP) is 1.11. The molecule has 2 heterocycles. The zero-order chi connectivity index (χ0) is 8.77. The second kappa shape index (κ2) is 2.64. The zero-order valence-corrected chi connectivity index (χ0v) is 7.09. The summed E-state index contributed by atoms with van der Waals surface area (Å²) in [5.74, 6) is -2.56. The van der Waals surface area contributed by atoms with Crippen molar-refractivity contribution in [1.29, 1.82) is 0 Å². The highest BCUT2D eigenvalue weighted by molar-refractivity contribution is 4.92. The Morgan fingerprint density at radius 1 is 1.58 bits per heavy atom. The van der Waals surface area contributed by atoms with Gasteiger partial charge in [0.15, 0.2) is 0 Å². The standard InChI is InChI=1S/C8H13F2NO/c1-8(9,10)5-11-3-7-2-6(11)4-12-7/h6-7H,2-5H2,1H3. The molecule has 2 nitrogen and oxygen atoms in total. The van der Waals surface area contributed by atoms with E-state index in [-0.39, 0.29) is 18.7 Å². The van der Waals surface area contributed by atoms with E-state index < -0.39 is 5.92 Å². The molecule has 4 heteroatoms. The summed E-state index contributed by atoms with van der Waals surface area (Å²) in [6, 6.07) is 0.251. The van der Waals surface area contributed by atoms with E-state index >= 15 is 0 Å². The Balaban J connectivity index is 1.91. The predicted molar refractivity (Wildman–Crippen MR) is 40.3 cm³/mol. The molecule has 2 aliphatic heterocycles. The number of alkyl halides is 2. The molecule has 0 N–H and O–H groups in total. The van der Waals surface area contributed by atoms with Gasteiger partial charge in [-0.3, -0.25) is 4.90 Å². The highest BCUT2D eigenvalue weighted by atomic mass is 19.3. The van der Waals surface area contributed by atoms with Crippen LogP contribution in [0.3, 0.4) is 0 Å². The molecule has 0 aromatic heterocycles. The SMILES string of the molecule is CC(F)(F)CN1CC2CC1CO2. The summed E-state index contributed by atoms with van der Waals surface area (Å²) in [6.07, 6.45) is 1.16. The molecule has 2 saturated heterocycles. The van der Waals surface area contributed by atoms with Gasteiger partial charge >= 0.3 is 0 Å². The van der Waals surface area contributed by atoms with Crippen molar-refractivity contribution in [2.45, 2.75) is 31.4 Å². The van der Waals surface area contributed by atoms with Gasteiger partial charge in [0.2, 0.25) is 0 Å². The Bertz CT molecular complexity index is 180. The minimum absolute atomic E-state index is 0.114.